The molecule has 2 aromatic carbocycles. The fraction of sp³-hybridized carbons (Fsp3) is 0.278. The molecule has 2 N–H and O–H groups in total. The van der Waals surface area contributed by atoms with E-state index in [-0.39, 0.29) is 11.4 Å². The van der Waals surface area contributed by atoms with Gasteiger partial charge in [0.05, 0.1) is 10.8 Å². The highest BCUT2D eigenvalue weighted by Gasteiger charge is 2.25. The second-order valence-electron chi connectivity index (χ2n) is 6.08. The molecule has 0 aromatic heterocycles. The molecule has 0 saturated heterocycles. The molecule has 0 radical (unpaired) electrons. The van der Waals surface area contributed by atoms with Crippen molar-refractivity contribution in [2.24, 2.45) is 0 Å². The lowest BCUT2D eigenvalue weighted by Crippen LogP contribution is -2.31. The van der Waals surface area contributed by atoms with Crippen LogP contribution in [0, 0.1) is 5.82 Å². The van der Waals surface area contributed by atoms with Crippen LogP contribution in [0.25, 0.3) is 0 Å². The number of fused-ring (bicyclic) bond motifs is 1. The number of carboxylic acids is 1. The molecule has 2 aromatic rings. The maximum absolute atomic E-state index is 12.9. The molecule has 1 atom stereocenters. The number of hydrogen-bond acceptors (Lipinski definition) is 3. The standard InChI is InChI=1S/C18H18FNO4S/c19-15-6-8-16(9-7-15)25(23,24)20-11-17(18(21)22)14-5-4-12-2-1-3-13(12)10-14/h4-10,17,20H,1-3,11H2,(H,21,22). The van der Waals surface area contributed by atoms with Gasteiger partial charge in [0, 0.05) is 6.54 Å². The molecule has 0 amide bonds. The van der Waals surface area contributed by atoms with Crippen LogP contribution in [0.4, 0.5) is 4.39 Å². The summed E-state index contributed by atoms with van der Waals surface area (Å²) in [6.07, 6.45) is 2.95. The Morgan fingerprint density at radius 3 is 2.48 bits per heavy atom. The van der Waals surface area contributed by atoms with Crippen molar-refractivity contribution in [2.45, 2.75) is 30.1 Å². The molecule has 0 saturated carbocycles. The molecular formula is C18H18FNO4S. The minimum atomic E-state index is -3.91. The highest BCUT2D eigenvalue weighted by atomic mass is 32.2. The number of sulfonamides is 1. The van der Waals surface area contributed by atoms with Crippen LogP contribution in [0.5, 0.6) is 0 Å². The quantitative estimate of drug-likeness (QED) is 0.826. The Bertz CT molecular complexity index is 894. The Kier molecular flexibility index (Phi) is 4.87. The van der Waals surface area contributed by atoms with E-state index in [9.17, 15) is 22.7 Å². The first-order valence-corrected chi connectivity index (χ1v) is 9.45. The minimum absolute atomic E-state index is 0.105. The van der Waals surface area contributed by atoms with Gasteiger partial charge in [0.1, 0.15) is 5.82 Å². The topological polar surface area (TPSA) is 83.5 Å². The molecular weight excluding hydrogens is 345 g/mol. The summed E-state index contributed by atoms with van der Waals surface area (Å²) in [6, 6.07) is 9.89. The Morgan fingerprint density at radius 2 is 1.80 bits per heavy atom. The molecule has 0 bridgehead atoms. The van der Waals surface area contributed by atoms with Crippen LogP contribution in [-0.4, -0.2) is 26.0 Å². The van der Waals surface area contributed by atoms with Gasteiger partial charge in [-0.1, -0.05) is 18.2 Å². The van der Waals surface area contributed by atoms with E-state index >= 15 is 0 Å². The third kappa shape index (κ3) is 3.88. The third-order valence-corrected chi connectivity index (χ3v) is 5.86. The highest BCUT2D eigenvalue weighted by Crippen LogP contribution is 2.26. The SMILES string of the molecule is O=C(O)C(CNS(=O)(=O)c1ccc(F)cc1)c1ccc2c(c1)CCC2. The summed E-state index contributed by atoms with van der Waals surface area (Å²) in [5.41, 5.74) is 2.93. The first-order valence-electron chi connectivity index (χ1n) is 7.96. The maximum atomic E-state index is 12.9. The number of benzene rings is 2. The van der Waals surface area contributed by atoms with Crippen LogP contribution >= 0.6 is 0 Å². The molecule has 0 fully saturated rings. The monoisotopic (exact) mass is 363 g/mol. The van der Waals surface area contributed by atoms with Gasteiger partial charge in [-0.25, -0.2) is 17.5 Å². The van der Waals surface area contributed by atoms with Crippen LogP contribution in [0.2, 0.25) is 0 Å². The van der Waals surface area contributed by atoms with Gasteiger partial charge in [0.15, 0.2) is 0 Å². The van der Waals surface area contributed by atoms with Crippen molar-refractivity contribution in [3.8, 4) is 0 Å². The molecule has 5 nitrogen and oxygen atoms in total. The van der Waals surface area contributed by atoms with Gasteiger partial charge in [0.25, 0.3) is 0 Å². The fourth-order valence-electron chi connectivity index (χ4n) is 3.05. The van der Waals surface area contributed by atoms with Gasteiger partial charge in [-0.2, -0.15) is 0 Å². The van der Waals surface area contributed by atoms with Gasteiger partial charge in [-0.3, -0.25) is 4.79 Å². The Hall–Kier alpha value is -2.25. The fourth-order valence-corrected chi connectivity index (χ4v) is 4.09. The van der Waals surface area contributed by atoms with Gasteiger partial charge in [0.2, 0.25) is 10.0 Å². The molecule has 0 spiro atoms. The molecule has 3 rings (SSSR count). The molecule has 7 heteroatoms. The van der Waals surface area contributed by atoms with Crippen LogP contribution in [0.3, 0.4) is 0 Å². The lowest BCUT2D eigenvalue weighted by molar-refractivity contribution is -0.138. The number of aryl methyl sites for hydroxylation is 2. The van der Waals surface area contributed by atoms with Crippen molar-refractivity contribution in [2.75, 3.05) is 6.54 Å². The van der Waals surface area contributed by atoms with Crippen molar-refractivity contribution in [1.29, 1.82) is 0 Å². The smallest absolute Gasteiger partial charge is 0.312 e. The number of aliphatic carboxylic acids is 1. The van der Waals surface area contributed by atoms with Crippen molar-refractivity contribution in [3.63, 3.8) is 0 Å². The summed E-state index contributed by atoms with van der Waals surface area (Å²) in [7, 11) is -3.91. The summed E-state index contributed by atoms with van der Waals surface area (Å²) >= 11 is 0. The molecule has 1 unspecified atom stereocenters. The van der Waals surface area contributed by atoms with E-state index in [1.54, 1.807) is 6.07 Å². The maximum Gasteiger partial charge on any atom is 0.312 e. The van der Waals surface area contributed by atoms with Crippen molar-refractivity contribution >= 4 is 16.0 Å². The average Bonchev–Trinajstić information content (AvgIpc) is 3.02. The number of halogens is 1. The molecule has 1 aliphatic rings. The van der Waals surface area contributed by atoms with E-state index < -0.39 is 27.7 Å². The second-order valence-corrected chi connectivity index (χ2v) is 7.85. The van der Waals surface area contributed by atoms with E-state index in [2.05, 4.69) is 4.72 Å². The molecule has 25 heavy (non-hydrogen) atoms. The number of carbonyl (C=O) groups is 1. The zero-order valence-corrected chi connectivity index (χ0v) is 14.2. The van der Waals surface area contributed by atoms with Crippen molar-refractivity contribution in [1.82, 2.24) is 4.72 Å². The van der Waals surface area contributed by atoms with Crippen LogP contribution in [0.1, 0.15) is 29.0 Å². The van der Waals surface area contributed by atoms with Crippen LogP contribution < -0.4 is 4.72 Å². The summed E-state index contributed by atoms with van der Waals surface area (Å²) in [4.78, 5) is 11.5. The number of hydrogen-bond donors (Lipinski definition) is 2. The van der Waals surface area contributed by atoms with Crippen molar-refractivity contribution in [3.05, 3.63) is 65.0 Å². The lowest BCUT2D eigenvalue weighted by atomic mass is 9.96. The van der Waals surface area contributed by atoms with Crippen LogP contribution in [-0.2, 0) is 27.7 Å². The van der Waals surface area contributed by atoms with Crippen molar-refractivity contribution < 1.29 is 22.7 Å². The first-order chi connectivity index (χ1) is 11.9. The number of rotatable bonds is 6. The normalized spacial score (nSPS) is 14.9. The Labute approximate surface area is 145 Å². The van der Waals surface area contributed by atoms with Gasteiger partial charge in [-0.15, -0.1) is 0 Å². The van der Waals surface area contributed by atoms with Gasteiger partial charge < -0.3 is 5.11 Å². The largest absolute Gasteiger partial charge is 0.481 e. The third-order valence-electron chi connectivity index (χ3n) is 4.42. The van der Waals surface area contributed by atoms with E-state index in [1.165, 1.54) is 5.56 Å². The molecule has 0 aliphatic heterocycles. The zero-order valence-electron chi connectivity index (χ0n) is 13.4. The molecule has 0 heterocycles. The van der Waals surface area contributed by atoms with E-state index in [1.807, 2.05) is 12.1 Å². The first kappa shape index (κ1) is 17.6. The summed E-state index contributed by atoms with van der Waals surface area (Å²) in [5, 5.41) is 9.49. The number of nitrogens with one attached hydrogen (secondary N) is 1. The van der Waals surface area contributed by atoms with Gasteiger partial charge in [-0.05, 0) is 60.2 Å². The van der Waals surface area contributed by atoms with E-state index in [0.29, 0.717) is 5.56 Å². The van der Waals surface area contributed by atoms with Crippen LogP contribution in [0.15, 0.2) is 47.4 Å². The second kappa shape index (κ2) is 6.93. The minimum Gasteiger partial charge on any atom is -0.481 e. The highest BCUT2D eigenvalue weighted by molar-refractivity contribution is 7.89. The average molecular weight is 363 g/mol. The summed E-state index contributed by atoms with van der Waals surface area (Å²) < 4.78 is 39.8. The predicted molar refractivity (Wildman–Crippen MR) is 90.4 cm³/mol. The Morgan fingerprint density at radius 1 is 1.12 bits per heavy atom. The lowest BCUT2D eigenvalue weighted by Gasteiger charge is -2.15. The Balaban J connectivity index is 1.78. The number of carboxylic acid groups (broad SMARTS) is 1. The van der Waals surface area contributed by atoms with E-state index in [0.717, 1.165) is 49.1 Å². The van der Waals surface area contributed by atoms with Gasteiger partial charge >= 0.3 is 5.97 Å². The summed E-state index contributed by atoms with van der Waals surface area (Å²) in [5.74, 6) is -2.62. The predicted octanol–water partition coefficient (Wildman–Crippen LogP) is 2.46. The molecule has 132 valence electrons. The summed E-state index contributed by atoms with van der Waals surface area (Å²) in [6.45, 7) is -0.270. The zero-order chi connectivity index (χ0) is 18.0. The van der Waals surface area contributed by atoms with E-state index in [4.69, 9.17) is 0 Å². The molecule has 1 aliphatic carbocycles.